The van der Waals surface area contributed by atoms with E-state index in [-0.39, 0.29) is 73.2 Å². The lowest BCUT2D eigenvalue weighted by molar-refractivity contribution is -0.131. The van der Waals surface area contributed by atoms with Crippen molar-refractivity contribution in [1.29, 1.82) is 0 Å². The van der Waals surface area contributed by atoms with Gasteiger partial charge in [0.1, 0.15) is 12.1 Å². The van der Waals surface area contributed by atoms with Crippen LogP contribution in [0.5, 0.6) is 0 Å². The molecule has 0 aromatic rings. The number of amides is 4. The molecule has 2 fully saturated rings. The number of aliphatic hydroxyl groups excluding tert-OH is 2. The van der Waals surface area contributed by atoms with Crippen molar-refractivity contribution in [2.75, 3.05) is 37.7 Å². The lowest BCUT2D eigenvalue weighted by Gasteiger charge is -2.26. The Morgan fingerprint density at radius 3 is 1.09 bits per heavy atom. The van der Waals surface area contributed by atoms with E-state index in [2.05, 4.69) is 21.3 Å². The van der Waals surface area contributed by atoms with Crippen LogP contribution in [-0.2, 0) is 28.3 Å². The van der Waals surface area contributed by atoms with Gasteiger partial charge in [0.15, 0.2) is 0 Å². The summed E-state index contributed by atoms with van der Waals surface area (Å²) in [6, 6.07) is -3.00. The Labute approximate surface area is 347 Å². The average Bonchev–Trinajstić information content (AvgIpc) is 3.13. The predicted octanol–water partition coefficient (Wildman–Crippen LogP) is 2.88. The fourth-order valence-corrected chi connectivity index (χ4v) is 11.5. The Kier molecular flexibility index (Phi) is 24.7. The number of carbonyl (C=O) groups excluding carboxylic acids is 4. The SMILES string of the molecule is CC(C)[C@H](N)C(=O)N[C@@H](C(=O)NC[C@@H](O)CP(=O)(O)CC1CCCCC1)C(C)C.CC(C)[C@H](N)C(=O)N[C@H](C(=O)NC[C@@H](O)CP(=O)(O)CC1CCCCC1)C(C)C. The van der Waals surface area contributed by atoms with E-state index in [0.29, 0.717) is 0 Å². The quantitative estimate of drug-likeness (QED) is 0.0704. The van der Waals surface area contributed by atoms with Crippen LogP contribution < -0.4 is 32.7 Å². The van der Waals surface area contributed by atoms with Crippen molar-refractivity contribution in [3.8, 4) is 0 Å². The second kappa shape index (κ2) is 26.4. The van der Waals surface area contributed by atoms with Crippen molar-refractivity contribution >= 4 is 38.4 Å². The maximum atomic E-state index is 12.5. The van der Waals surface area contributed by atoms with Crippen LogP contribution in [0.2, 0.25) is 0 Å². The van der Waals surface area contributed by atoms with Crippen LogP contribution in [0.25, 0.3) is 0 Å². The monoisotopic (exact) mass is 867 g/mol. The van der Waals surface area contributed by atoms with E-state index in [1.165, 1.54) is 12.8 Å². The van der Waals surface area contributed by atoms with Gasteiger partial charge in [-0.05, 0) is 61.2 Å². The number of carbonyl (C=O) groups is 4. The average molecular weight is 867 g/mol. The Morgan fingerprint density at radius 2 is 0.828 bits per heavy atom. The third-order valence-electron chi connectivity index (χ3n) is 11.1. The first-order valence-corrected chi connectivity index (χ1v) is 25.6. The van der Waals surface area contributed by atoms with Gasteiger partial charge in [0.05, 0.1) is 36.6 Å². The van der Waals surface area contributed by atoms with Gasteiger partial charge < -0.3 is 52.7 Å². The fourth-order valence-electron chi connectivity index (χ4n) is 7.31. The van der Waals surface area contributed by atoms with E-state index in [0.717, 1.165) is 51.4 Å². The van der Waals surface area contributed by atoms with Gasteiger partial charge in [0.25, 0.3) is 0 Å². The Balaban J connectivity index is 0.000000580. The van der Waals surface area contributed by atoms with Crippen LogP contribution in [0.3, 0.4) is 0 Å². The molecule has 0 radical (unpaired) electrons. The summed E-state index contributed by atoms with van der Waals surface area (Å²) in [5.74, 6) is -1.67. The summed E-state index contributed by atoms with van der Waals surface area (Å²) in [6.45, 7) is 14.2. The Bertz CT molecular complexity index is 1260. The zero-order valence-electron chi connectivity index (χ0n) is 36.5. The molecule has 0 spiro atoms. The standard InChI is InChI=1S/2C20H40N3O5P/c2*1-13(2)17(21)19(25)23-18(14(3)4)20(26)22-10-16(24)12-29(27,28)11-15-8-6-5-7-9-15/h2*13-18,24H,5-12,21H2,1-4H3,(H,22,26)(H,23,25)(H,27,28)/t16-,17+,18+;16-,17+,18-/m11/s1. The van der Waals surface area contributed by atoms with E-state index < -0.39 is 74.7 Å². The zero-order valence-corrected chi connectivity index (χ0v) is 38.3. The highest BCUT2D eigenvalue weighted by Gasteiger charge is 2.32. The summed E-state index contributed by atoms with van der Waals surface area (Å²) in [4.78, 5) is 69.8. The largest absolute Gasteiger partial charge is 0.391 e. The first-order chi connectivity index (χ1) is 26.9. The molecule has 2 rings (SSSR count). The second-order valence-corrected chi connectivity index (χ2v) is 23.1. The number of nitrogens with one attached hydrogen (secondary N) is 4. The van der Waals surface area contributed by atoms with Crippen LogP contribution in [0.15, 0.2) is 0 Å². The first kappa shape index (κ1) is 54.1. The van der Waals surface area contributed by atoms with Gasteiger partial charge in [-0.2, -0.15) is 0 Å². The van der Waals surface area contributed by atoms with E-state index in [1.54, 1.807) is 27.7 Å². The molecule has 2 aliphatic rings. The van der Waals surface area contributed by atoms with Crippen molar-refractivity contribution in [3.05, 3.63) is 0 Å². The van der Waals surface area contributed by atoms with Crippen molar-refractivity contribution in [2.45, 2.75) is 156 Å². The lowest BCUT2D eigenvalue weighted by atomic mass is 9.91. The van der Waals surface area contributed by atoms with Gasteiger partial charge in [0.2, 0.25) is 38.4 Å². The molecule has 18 heteroatoms. The van der Waals surface area contributed by atoms with Crippen LogP contribution in [0, 0.1) is 35.5 Å². The Hall–Kier alpha value is -1.90. The normalized spacial score (nSPS) is 20.7. The third kappa shape index (κ3) is 21.6. The maximum absolute atomic E-state index is 12.5. The molecule has 16 nitrogen and oxygen atoms in total. The van der Waals surface area contributed by atoms with Gasteiger partial charge in [0, 0.05) is 25.4 Å². The smallest absolute Gasteiger partial charge is 0.242 e. The molecule has 2 unspecified atom stereocenters. The van der Waals surface area contributed by atoms with Gasteiger partial charge in [-0.15, -0.1) is 0 Å². The predicted molar refractivity (Wildman–Crippen MR) is 229 cm³/mol. The minimum Gasteiger partial charge on any atom is -0.391 e. The molecule has 2 aliphatic carbocycles. The molecule has 58 heavy (non-hydrogen) atoms. The summed E-state index contributed by atoms with van der Waals surface area (Å²) in [6.07, 6.45) is 8.34. The molecule has 12 N–H and O–H groups in total. The van der Waals surface area contributed by atoms with E-state index in [1.807, 2.05) is 27.7 Å². The third-order valence-corrected chi connectivity index (χ3v) is 15.2. The van der Waals surface area contributed by atoms with E-state index in [4.69, 9.17) is 11.5 Å². The number of aliphatic hydroxyl groups is 2. The summed E-state index contributed by atoms with van der Waals surface area (Å²) < 4.78 is 25.0. The topological polar surface area (TPSA) is 284 Å². The minimum atomic E-state index is -3.45. The first-order valence-electron chi connectivity index (χ1n) is 21.5. The van der Waals surface area contributed by atoms with Crippen molar-refractivity contribution in [2.24, 2.45) is 47.0 Å². The molecule has 0 saturated heterocycles. The molecule has 0 aromatic carbocycles. The molecule has 4 amide bonds. The van der Waals surface area contributed by atoms with Crippen LogP contribution in [-0.4, -0.2) is 118 Å². The lowest BCUT2D eigenvalue weighted by Crippen LogP contribution is -2.55. The number of rotatable bonds is 22. The highest BCUT2D eigenvalue weighted by molar-refractivity contribution is 7.58. The van der Waals surface area contributed by atoms with E-state index in [9.17, 15) is 48.3 Å². The molecule has 0 aliphatic heterocycles. The number of hydrogen-bond acceptors (Lipinski definition) is 10. The molecule has 0 aromatic heterocycles. The molecule has 0 bridgehead atoms. The number of nitrogens with two attached hydrogens (primary N) is 2. The summed E-state index contributed by atoms with van der Waals surface area (Å²) >= 11 is 0. The molecule has 0 heterocycles. The highest BCUT2D eigenvalue weighted by atomic mass is 31.2. The highest BCUT2D eigenvalue weighted by Crippen LogP contribution is 2.47. The van der Waals surface area contributed by atoms with Crippen LogP contribution in [0.1, 0.15) is 120 Å². The molecular weight excluding hydrogens is 786 g/mol. The number of hydrogen-bond donors (Lipinski definition) is 10. The molecular formula is C40H80N6O10P2. The van der Waals surface area contributed by atoms with Gasteiger partial charge >= 0.3 is 0 Å². The summed E-state index contributed by atoms with van der Waals surface area (Å²) in [7, 11) is -6.91. The molecule has 2 saturated carbocycles. The van der Waals surface area contributed by atoms with Gasteiger partial charge in [-0.1, -0.05) is 93.9 Å². The van der Waals surface area contributed by atoms with Crippen molar-refractivity contribution < 1.29 is 48.3 Å². The molecule has 340 valence electrons. The van der Waals surface area contributed by atoms with Crippen LogP contribution in [0.4, 0.5) is 0 Å². The second-order valence-electron chi connectivity index (χ2n) is 18.2. The van der Waals surface area contributed by atoms with Gasteiger partial charge in [-0.3, -0.25) is 28.3 Å². The summed E-state index contributed by atoms with van der Waals surface area (Å²) in [5.41, 5.74) is 11.7. The van der Waals surface area contributed by atoms with Crippen molar-refractivity contribution in [3.63, 3.8) is 0 Å². The Morgan fingerprint density at radius 1 is 0.534 bits per heavy atom. The maximum Gasteiger partial charge on any atom is 0.242 e. The molecule has 8 atom stereocenters. The van der Waals surface area contributed by atoms with Gasteiger partial charge in [-0.25, -0.2) is 0 Å². The van der Waals surface area contributed by atoms with E-state index >= 15 is 0 Å². The minimum absolute atomic E-state index is 0.0597. The van der Waals surface area contributed by atoms with Crippen LogP contribution >= 0.6 is 14.7 Å². The van der Waals surface area contributed by atoms with Crippen molar-refractivity contribution in [1.82, 2.24) is 21.3 Å². The zero-order chi connectivity index (χ0) is 44.4. The fraction of sp³-hybridized carbons (Fsp3) is 0.900. The summed E-state index contributed by atoms with van der Waals surface area (Å²) in [5, 5.41) is 30.8.